The minimum atomic E-state index is 0.683. The fraction of sp³-hybridized carbons (Fsp3) is 0.200. The van der Waals surface area contributed by atoms with E-state index in [0.29, 0.717) is 5.56 Å². The summed E-state index contributed by atoms with van der Waals surface area (Å²) in [6, 6.07) is 15.4. The van der Waals surface area contributed by atoms with Crippen molar-refractivity contribution in [2.24, 2.45) is 0 Å². The number of piperazine rings is 1. The van der Waals surface area contributed by atoms with E-state index in [9.17, 15) is 4.79 Å². The number of aromatic nitrogens is 2. The van der Waals surface area contributed by atoms with Crippen LogP contribution < -0.4 is 10.6 Å². The maximum absolute atomic E-state index is 10.6. The van der Waals surface area contributed by atoms with Crippen molar-refractivity contribution in [3.05, 3.63) is 65.4 Å². The monoisotopic (exact) mass is 334 g/mol. The highest BCUT2D eigenvalue weighted by Crippen LogP contribution is 2.17. The number of nitrogens with one attached hydrogen (secondary N) is 3. The van der Waals surface area contributed by atoms with Gasteiger partial charge in [0.2, 0.25) is 0 Å². The Labute approximate surface area is 147 Å². The van der Waals surface area contributed by atoms with Gasteiger partial charge < -0.3 is 10.6 Å². The van der Waals surface area contributed by atoms with E-state index < -0.39 is 0 Å². The summed E-state index contributed by atoms with van der Waals surface area (Å²) in [4.78, 5) is 10.6. The Kier molecular flexibility index (Phi) is 6.09. The van der Waals surface area contributed by atoms with Crippen molar-refractivity contribution in [3.63, 3.8) is 0 Å². The van der Waals surface area contributed by atoms with Crippen LogP contribution in [0.15, 0.2) is 48.5 Å². The molecule has 2 heterocycles. The van der Waals surface area contributed by atoms with Crippen LogP contribution in [-0.4, -0.2) is 42.7 Å². The molecule has 5 nitrogen and oxygen atoms in total. The zero-order chi connectivity index (χ0) is 17.3. The van der Waals surface area contributed by atoms with E-state index in [1.165, 1.54) is 0 Å². The number of fused-ring (bicyclic) bond motifs is 1. The summed E-state index contributed by atoms with van der Waals surface area (Å²) in [6.45, 7) is 4.56. The van der Waals surface area contributed by atoms with Gasteiger partial charge in [-0.1, -0.05) is 48.5 Å². The molecule has 0 unspecified atom stereocenters. The molecule has 0 spiro atoms. The summed E-state index contributed by atoms with van der Waals surface area (Å²) in [5, 5.41) is 14.8. The molecule has 3 aromatic rings. The van der Waals surface area contributed by atoms with Gasteiger partial charge in [-0.3, -0.25) is 9.89 Å². The highest BCUT2D eigenvalue weighted by molar-refractivity contribution is 5.89. The second kappa shape index (κ2) is 8.92. The molecule has 1 aliphatic heterocycles. The number of hydrogen-bond acceptors (Lipinski definition) is 4. The molecule has 0 atom stereocenters. The Morgan fingerprint density at radius 3 is 2.08 bits per heavy atom. The number of para-hydroxylation sites is 1. The van der Waals surface area contributed by atoms with Crippen molar-refractivity contribution < 1.29 is 4.79 Å². The van der Waals surface area contributed by atoms with Gasteiger partial charge >= 0.3 is 0 Å². The van der Waals surface area contributed by atoms with Crippen LogP contribution in [0.4, 0.5) is 0 Å². The molecule has 5 heteroatoms. The van der Waals surface area contributed by atoms with Gasteiger partial charge in [0.15, 0.2) is 0 Å². The molecule has 128 valence electrons. The molecule has 1 fully saturated rings. The van der Waals surface area contributed by atoms with E-state index in [4.69, 9.17) is 0 Å². The van der Waals surface area contributed by atoms with Gasteiger partial charge in [-0.2, -0.15) is 5.10 Å². The molecular weight excluding hydrogens is 312 g/mol. The second-order valence-electron chi connectivity index (χ2n) is 5.77. The van der Waals surface area contributed by atoms with Crippen LogP contribution in [0.3, 0.4) is 0 Å². The first-order chi connectivity index (χ1) is 12.4. The standard InChI is InChI=1S/C16H12N2O.C4H10N2/c19-11-13-7-5-12(6-8-13)9-10-16-14-3-1-2-4-15(14)17-18-16;1-2-6-4-3-5-1/h1-11H,(H,17,18);5-6H,1-4H2/b10-9+;. The first kappa shape index (κ1) is 17.1. The Morgan fingerprint density at radius 2 is 1.44 bits per heavy atom. The third kappa shape index (κ3) is 4.86. The Bertz CT molecular complexity index is 821. The normalized spacial score (nSPS) is 14.2. The summed E-state index contributed by atoms with van der Waals surface area (Å²) in [6.07, 6.45) is 4.79. The molecule has 0 saturated carbocycles. The number of carbonyl (C=O) groups excluding carboxylic acids is 1. The highest BCUT2D eigenvalue weighted by atomic mass is 16.1. The minimum absolute atomic E-state index is 0.683. The van der Waals surface area contributed by atoms with Crippen LogP contribution in [0.5, 0.6) is 0 Å². The summed E-state index contributed by atoms with van der Waals surface area (Å²) in [5.41, 5.74) is 3.66. The molecule has 1 saturated heterocycles. The Hall–Kier alpha value is -2.76. The highest BCUT2D eigenvalue weighted by Gasteiger charge is 2.00. The van der Waals surface area contributed by atoms with Crippen LogP contribution in [0, 0.1) is 0 Å². The largest absolute Gasteiger partial charge is 0.314 e. The average Bonchev–Trinajstić information content (AvgIpc) is 3.12. The summed E-state index contributed by atoms with van der Waals surface area (Å²) in [5.74, 6) is 0. The number of rotatable bonds is 3. The minimum Gasteiger partial charge on any atom is -0.314 e. The molecule has 2 aromatic carbocycles. The molecule has 25 heavy (non-hydrogen) atoms. The van der Waals surface area contributed by atoms with Crippen LogP contribution in [-0.2, 0) is 0 Å². The van der Waals surface area contributed by atoms with E-state index in [2.05, 4.69) is 20.8 Å². The molecule has 0 radical (unpaired) electrons. The van der Waals surface area contributed by atoms with E-state index >= 15 is 0 Å². The number of carbonyl (C=O) groups is 1. The van der Waals surface area contributed by atoms with Crippen molar-refractivity contribution >= 4 is 29.3 Å². The van der Waals surface area contributed by atoms with Crippen molar-refractivity contribution in [3.8, 4) is 0 Å². The Morgan fingerprint density at radius 1 is 0.800 bits per heavy atom. The smallest absolute Gasteiger partial charge is 0.150 e. The topological polar surface area (TPSA) is 69.8 Å². The van der Waals surface area contributed by atoms with Gasteiger partial charge in [-0.15, -0.1) is 0 Å². The Balaban J connectivity index is 0.000000258. The lowest BCUT2D eigenvalue weighted by atomic mass is 10.1. The molecule has 1 aromatic heterocycles. The van der Waals surface area contributed by atoms with Gasteiger partial charge in [0, 0.05) is 37.1 Å². The number of benzene rings is 2. The van der Waals surface area contributed by atoms with Crippen molar-refractivity contribution in [1.29, 1.82) is 0 Å². The van der Waals surface area contributed by atoms with Crippen LogP contribution >= 0.6 is 0 Å². The zero-order valence-corrected chi connectivity index (χ0v) is 14.0. The lowest BCUT2D eigenvalue weighted by molar-refractivity contribution is 0.112. The summed E-state index contributed by atoms with van der Waals surface area (Å²) in [7, 11) is 0. The van der Waals surface area contributed by atoms with E-state index in [-0.39, 0.29) is 0 Å². The SMILES string of the molecule is C1CNCCN1.O=Cc1ccc(/C=C/c2n[nH]c3ccccc23)cc1. The zero-order valence-electron chi connectivity index (χ0n) is 14.0. The van der Waals surface area contributed by atoms with E-state index in [1.807, 2.05) is 48.6 Å². The lowest BCUT2D eigenvalue weighted by Crippen LogP contribution is -2.39. The fourth-order valence-corrected chi connectivity index (χ4v) is 2.58. The summed E-state index contributed by atoms with van der Waals surface area (Å²) < 4.78 is 0. The van der Waals surface area contributed by atoms with Gasteiger partial charge in [0.05, 0.1) is 11.2 Å². The molecular formula is C20H22N4O. The quantitative estimate of drug-likeness (QED) is 0.644. The van der Waals surface area contributed by atoms with Crippen LogP contribution in [0.1, 0.15) is 21.6 Å². The summed E-state index contributed by atoms with van der Waals surface area (Å²) >= 11 is 0. The van der Waals surface area contributed by atoms with Crippen molar-refractivity contribution in [2.75, 3.05) is 26.2 Å². The molecule has 0 amide bonds. The predicted molar refractivity (Wildman–Crippen MR) is 103 cm³/mol. The molecule has 0 aliphatic carbocycles. The van der Waals surface area contributed by atoms with Crippen LogP contribution in [0.25, 0.3) is 23.1 Å². The third-order valence-electron chi connectivity index (χ3n) is 3.96. The number of aldehydes is 1. The first-order valence-electron chi connectivity index (χ1n) is 8.45. The second-order valence-corrected chi connectivity index (χ2v) is 5.77. The average molecular weight is 334 g/mol. The van der Waals surface area contributed by atoms with Crippen molar-refractivity contribution in [1.82, 2.24) is 20.8 Å². The molecule has 0 bridgehead atoms. The van der Waals surface area contributed by atoms with Gasteiger partial charge in [-0.05, 0) is 17.7 Å². The van der Waals surface area contributed by atoms with Crippen LogP contribution in [0.2, 0.25) is 0 Å². The maximum Gasteiger partial charge on any atom is 0.150 e. The van der Waals surface area contributed by atoms with Gasteiger partial charge in [0.25, 0.3) is 0 Å². The van der Waals surface area contributed by atoms with Crippen molar-refractivity contribution in [2.45, 2.75) is 0 Å². The van der Waals surface area contributed by atoms with Gasteiger partial charge in [0.1, 0.15) is 6.29 Å². The molecule has 3 N–H and O–H groups in total. The number of hydrogen-bond donors (Lipinski definition) is 3. The van der Waals surface area contributed by atoms with E-state index in [1.54, 1.807) is 12.1 Å². The fourth-order valence-electron chi connectivity index (χ4n) is 2.58. The number of H-pyrrole nitrogens is 1. The van der Waals surface area contributed by atoms with Gasteiger partial charge in [-0.25, -0.2) is 0 Å². The third-order valence-corrected chi connectivity index (χ3v) is 3.96. The maximum atomic E-state index is 10.6. The molecule has 4 rings (SSSR count). The molecule has 1 aliphatic rings. The first-order valence-corrected chi connectivity index (χ1v) is 8.45. The lowest BCUT2D eigenvalue weighted by Gasteiger charge is -2.11. The number of nitrogens with zero attached hydrogens (tertiary/aromatic N) is 1. The number of aromatic amines is 1. The predicted octanol–water partition coefficient (Wildman–Crippen LogP) is 2.73. The van der Waals surface area contributed by atoms with E-state index in [0.717, 1.165) is 54.6 Å².